The van der Waals surface area contributed by atoms with Crippen LogP contribution in [0.1, 0.15) is 33.5 Å². The molecule has 0 radical (unpaired) electrons. The third-order valence-electron chi connectivity index (χ3n) is 4.12. The summed E-state index contributed by atoms with van der Waals surface area (Å²) in [6.07, 6.45) is -0.137. The first kappa shape index (κ1) is 20.5. The summed E-state index contributed by atoms with van der Waals surface area (Å²) in [6, 6.07) is 10.3. The first-order valence-electron chi connectivity index (χ1n) is 9.15. The van der Waals surface area contributed by atoms with E-state index in [0.29, 0.717) is 12.2 Å². The van der Waals surface area contributed by atoms with Gasteiger partial charge in [-0.3, -0.25) is 9.69 Å². The monoisotopic (exact) mass is 415 g/mol. The number of ether oxygens (including phenoxy) is 1. The van der Waals surface area contributed by atoms with Gasteiger partial charge >= 0.3 is 0 Å². The summed E-state index contributed by atoms with van der Waals surface area (Å²) in [4.78, 5) is 18.6. The van der Waals surface area contributed by atoms with Crippen molar-refractivity contribution in [2.75, 3.05) is 13.6 Å². The van der Waals surface area contributed by atoms with Crippen LogP contribution in [0, 0.1) is 6.92 Å². The largest absolute Gasteiger partial charge is 0.489 e. The molecule has 2 heterocycles. The van der Waals surface area contributed by atoms with E-state index in [1.54, 1.807) is 16.7 Å². The van der Waals surface area contributed by atoms with Crippen LogP contribution >= 0.6 is 22.7 Å². The topological polar surface area (TPSA) is 54.5 Å². The van der Waals surface area contributed by atoms with Gasteiger partial charge in [-0.2, -0.15) is 11.3 Å². The van der Waals surface area contributed by atoms with Gasteiger partial charge in [0.25, 0.3) is 5.91 Å². The van der Waals surface area contributed by atoms with Gasteiger partial charge in [0.15, 0.2) is 0 Å². The Morgan fingerprint density at radius 3 is 2.79 bits per heavy atom. The van der Waals surface area contributed by atoms with Crippen molar-refractivity contribution in [3.63, 3.8) is 0 Å². The lowest BCUT2D eigenvalue weighted by Crippen LogP contribution is -2.33. The average Bonchev–Trinajstić information content (AvgIpc) is 3.31. The first-order chi connectivity index (χ1) is 13.5. The summed E-state index contributed by atoms with van der Waals surface area (Å²) in [7, 11) is 2.11. The zero-order valence-corrected chi connectivity index (χ0v) is 18.0. The molecular formula is C21H25N3O2S2. The van der Waals surface area contributed by atoms with Gasteiger partial charge in [0, 0.05) is 18.5 Å². The van der Waals surface area contributed by atoms with Crippen LogP contribution < -0.4 is 10.1 Å². The molecule has 3 aromatic rings. The summed E-state index contributed by atoms with van der Waals surface area (Å²) in [6.45, 7) is 6.03. The molecule has 0 saturated heterocycles. The highest BCUT2D eigenvalue weighted by molar-refractivity contribution is 7.09. The van der Waals surface area contributed by atoms with Crippen molar-refractivity contribution in [3.05, 3.63) is 68.3 Å². The molecule has 3 rings (SSSR count). The van der Waals surface area contributed by atoms with E-state index >= 15 is 0 Å². The lowest BCUT2D eigenvalue weighted by Gasteiger charge is -2.18. The lowest BCUT2D eigenvalue weighted by atomic mass is 10.2. The standard InChI is InChI=1S/C21H25N3O2S2/c1-15(10-22-21(25)20-14-28-16(2)23-20)26-19-6-4-5-17(9-19)11-24(3)12-18-7-8-27-13-18/h4-9,13-15H,10-12H2,1-3H3,(H,22,25)/t15-/m1/s1. The summed E-state index contributed by atoms with van der Waals surface area (Å²) in [5.74, 6) is 0.649. The van der Waals surface area contributed by atoms with E-state index in [4.69, 9.17) is 4.74 Å². The number of benzene rings is 1. The summed E-state index contributed by atoms with van der Waals surface area (Å²) < 4.78 is 5.98. The molecule has 5 nitrogen and oxygen atoms in total. The Morgan fingerprint density at radius 2 is 2.07 bits per heavy atom. The molecule has 0 saturated carbocycles. The molecule has 0 aliphatic heterocycles. The number of aryl methyl sites for hydroxylation is 1. The van der Waals surface area contributed by atoms with E-state index in [-0.39, 0.29) is 12.0 Å². The number of hydrogen-bond acceptors (Lipinski definition) is 6. The fourth-order valence-corrected chi connectivity index (χ4v) is 4.10. The first-order valence-corrected chi connectivity index (χ1v) is 11.0. The number of thiazole rings is 1. The molecule has 0 aliphatic rings. The number of hydrogen-bond donors (Lipinski definition) is 1. The maximum atomic E-state index is 12.1. The van der Waals surface area contributed by atoms with Gasteiger partial charge in [0.05, 0.1) is 11.6 Å². The molecule has 0 spiro atoms. The second-order valence-electron chi connectivity index (χ2n) is 6.84. The zero-order valence-electron chi connectivity index (χ0n) is 16.3. The molecular weight excluding hydrogens is 390 g/mol. The van der Waals surface area contributed by atoms with Gasteiger partial charge in [-0.15, -0.1) is 11.3 Å². The third-order valence-corrected chi connectivity index (χ3v) is 5.63. The predicted molar refractivity (Wildman–Crippen MR) is 115 cm³/mol. The SMILES string of the molecule is Cc1nc(C(=O)NC[C@@H](C)Oc2cccc(CN(C)Cc3ccsc3)c2)cs1. The van der Waals surface area contributed by atoms with Crippen LogP contribution in [0.3, 0.4) is 0 Å². The van der Waals surface area contributed by atoms with Gasteiger partial charge in [0.1, 0.15) is 17.5 Å². The molecule has 1 atom stereocenters. The van der Waals surface area contributed by atoms with Crippen molar-refractivity contribution in [1.82, 2.24) is 15.2 Å². The fraction of sp³-hybridized carbons (Fsp3) is 0.333. The van der Waals surface area contributed by atoms with Crippen molar-refractivity contribution in [2.24, 2.45) is 0 Å². The molecule has 0 unspecified atom stereocenters. The van der Waals surface area contributed by atoms with Crippen molar-refractivity contribution in [2.45, 2.75) is 33.0 Å². The fourth-order valence-electron chi connectivity index (χ4n) is 2.85. The number of nitrogens with zero attached hydrogens (tertiary/aromatic N) is 2. The van der Waals surface area contributed by atoms with Crippen LogP contribution in [0.5, 0.6) is 5.75 Å². The number of amides is 1. The van der Waals surface area contributed by atoms with Gasteiger partial charge in [-0.05, 0) is 61.0 Å². The van der Waals surface area contributed by atoms with Crippen molar-refractivity contribution in [3.8, 4) is 5.75 Å². The molecule has 148 valence electrons. The van der Waals surface area contributed by atoms with E-state index < -0.39 is 0 Å². The van der Waals surface area contributed by atoms with E-state index in [1.807, 2.05) is 26.0 Å². The highest BCUT2D eigenvalue weighted by atomic mass is 32.1. The molecule has 28 heavy (non-hydrogen) atoms. The number of carbonyl (C=O) groups is 1. The van der Waals surface area contributed by atoms with E-state index in [2.05, 4.69) is 51.2 Å². The summed E-state index contributed by atoms with van der Waals surface area (Å²) in [5, 5.41) is 9.82. The molecule has 1 aromatic carbocycles. The summed E-state index contributed by atoms with van der Waals surface area (Å²) >= 11 is 3.19. The Hall–Kier alpha value is -2.22. The zero-order chi connectivity index (χ0) is 19.9. The van der Waals surface area contributed by atoms with Crippen molar-refractivity contribution in [1.29, 1.82) is 0 Å². The van der Waals surface area contributed by atoms with Crippen molar-refractivity contribution < 1.29 is 9.53 Å². The predicted octanol–water partition coefficient (Wildman–Crippen LogP) is 4.34. The Bertz CT molecular complexity index is 893. The van der Waals surface area contributed by atoms with E-state index in [9.17, 15) is 4.79 Å². The molecule has 0 bridgehead atoms. The highest BCUT2D eigenvalue weighted by Gasteiger charge is 2.12. The normalized spacial score (nSPS) is 12.1. The minimum Gasteiger partial charge on any atom is -0.489 e. The number of carbonyl (C=O) groups excluding carboxylic acids is 1. The highest BCUT2D eigenvalue weighted by Crippen LogP contribution is 2.17. The van der Waals surface area contributed by atoms with Crippen molar-refractivity contribution >= 4 is 28.6 Å². The van der Waals surface area contributed by atoms with Crippen LogP contribution in [-0.2, 0) is 13.1 Å². The van der Waals surface area contributed by atoms with Crippen LogP contribution in [-0.4, -0.2) is 35.5 Å². The van der Waals surface area contributed by atoms with Crippen LogP contribution in [0.25, 0.3) is 0 Å². The Kier molecular flexibility index (Phi) is 7.19. The van der Waals surface area contributed by atoms with Gasteiger partial charge < -0.3 is 10.1 Å². The number of rotatable bonds is 9. The van der Waals surface area contributed by atoms with Gasteiger partial charge in [-0.1, -0.05) is 12.1 Å². The van der Waals surface area contributed by atoms with E-state index in [1.165, 1.54) is 22.5 Å². The summed E-state index contributed by atoms with van der Waals surface area (Å²) in [5.41, 5.74) is 2.99. The minimum absolute atomic E-state index is 0.137. The number of thiophene rings is 1. The second-order valence-corrected chi connectivity index (χ2v) is 8.68. The molecule has 0 fully saturated rings. The molecule has 1 amide bonds. The third kappa shape index (κ3) is 6.15. The second kappa shape index (κ2) is 9.82. The van der Waals surface area contributed by atoms with Gasteiger partial charge in [0.2, 0.25) is 0 Å². The number of aromatic nitrogens is 1. The van der Waals surface area contributed by atoms with Gasteiger partial charge in [-0.25, -0.2) is 4.98 Å². The van der Waals surface area contributed by atoms with Crippen LogP contribution in [0.2, 0.25) is 0 Å². The Morgan fingerprint density at radius 1 is 1.25 bits per heavy atom. The smallest absolute Gasteiger partial charge is 0.270 e. The van der Waals surface area contributed by atoms with Crippen LogP contribution in [0.15, 0.2) is 46.5 Å². The quantitative estimate of drug-likeness (QED) is 0.565. The molecule has 2 aromatic heterocycles. The average molecular weight is 416 g/mol. The minimum atomic E-state index is -0.163. The molecule has 0 aliphatic carbocycles. The lowest BCUT2D eigenvalue weighted by molar-refractivity contribution is 0.0927. The molecule has 1 N–H and O–H groups in total. The Balaban J connectivity index is 1.48. The van der Waals surface area contributed by atoms with E-state index in [0.717, 1.165) is 23.8 Å². The Labute approximate surface area is 174 Å². The maximum absolute atomic E-state index is 12.1. The maximum Gasteiger partial charge on any atom is 0.270 e. The molecule has 7 heteroatoms. The number of nitrogens with one attached hydrogen (secondary N) is 1. The van der Waals surface area contributed by atoms with Crippen LogP contribution in [0.4, 0.5) is 0 Å².